The molecule has 328 valence electrons. The second kappa shape index (κ2) is 27.2. The van der Waals surface area contributed by atoms with Gasteiger partial charge in [-0.1, -0.05) is 39.3 Å². The van der Waals surface area contributed by atoms with Crippen LogP contribution in [-0.2, 0) is 4.79 Å². The van der Waals surface area contributed by atoms with Crippen LogP contribution in [0.5, 0.6) is 23.0 Å². The molecule has 0 aliphatic carbocycles. The highest BCUT2D eigenvalue weighted by molar-refractivity contribution is 6.30. The summed E-state index contributed by atoms with van der Waals surface area (Å²) >= 11 is 5.63. The average molecular weight is 868 g/mol. The molecule has 0 fully saturated rings. The first-order valence-electron chi connectivity index (χ1n) is 18.7. The number of Topliss-reactive ketones (excluding diaryl/α,β-unsaturated/α-hetero) is 1. The quantitative estimate of drug-likeness (QED) is 0.0469. The molecule has 2 heterocycles. The van der Waals surface area contributed by atoms with Gasteiger partial charge in [-0.3, -0.25) is 24.5 Å². The molecule has 2 amide bonds. The molecule has 17 heteroatoms. The number of benzene rings is 3. The zero-order valence-electron chi connectivity index (χ0n) is 35.3. The van der Waals surface area contributed by atoms with Gasteiger partial charge in [0.1, 0.15) is 51.8 Å². The summed E-state index contributed by atoms with van der Waals surface area (Å²) in [5.74, 6) is -0.373. The second-order valence-electron chi connectivity index (χ2n) is 13.8. The van der Waals surface area contributed by atoms with Gasteiger partial charge in [0, 0.05) is 67.9 Å². The van der Waals surface area contributed by atoms with Crippen molar-refractivity contribution in [3.8, 4) is 23.0 Å². The Balaban J connectivity index is 0.000000398. The lowest BCUT2D eigenvalue weighted by Crippen LogP contribution is -2.18. The monoisotopic (exact) mass is 867 g/mol. The first-order valence-corrected chi connectivity index (χ1v) is 19.0. The zero-order chi connectivity index (χ0) is 46.2. The Bertz CT molecular complexity index is 2230. The standard InChI is InChI=1S/C13H12FN3O2.C12H16FNO.C7H7ClN2O.C6H6FNO.C6H12O/c1-16-13(18)12-7-9(4-5-17-12)19-8-2-3-11(15)10(14)6-8;1-8(2)6-9(3)14-12-5-4-10(15)7-11(12)13;1-9-7(11)6-4-5(8)2-3-10-6;7-5-3-4(9)1-2-6(5)8;1-5(2)4-6(3)7/h2-7H,15H2,1H3,(H,16,18);4-5,7-8,15H,6H2,1-3H3;2-4H,1H3,(H,9,11);1-3,9H,8H2;5H,4H2,1-3H3. The molecule has 0 atom stereocenters. The van der Waals surface area contributed by atoms with Crippen LogP contribution in [0.1, 0.15) is 75.4 Å². The van der Waals surface area contributed by atoms with Gasteiger partial charge in [-0.15, -0.1) is 0 Å². The fourth-order valence-electron chi connectivity index (χ4n) is 4.61. The molecule has 0 aliphatic rings. The van der Waals surface area contributed by atoms with Crippen LogP contribution in [-0.4, -0.2) is 57.6 Å². The van der Waals surface area contributed by atoms with Crippen molar-refractivity contribution in [3.63, 3.8) is 0 Å². The van der Waals surface area contributed by atoms with Crippen LogP contribution < -0.4 is 26.8 Å². The molecule has 5 aromatic rings. The molecule has 3 aromatic carbocycles. The lowest BCUT2D eigenvalue weighted by atomic mass is 10.1. The molecular weight excluding hydrogens is 815 g/mol. The molecule has 0 saturated carbocycles. The summed E-state index contributed by atoms with van der Waals surface area (Å²) in [6, 6.07) is 17.9. The Kier molecular flexibility index (Phi) is 23.3. The number of phenolic OH excluding ortho intramolecular Hbond substituents is 2. The van der Waals surface area contributed by atoms with Crippen molar-refractivity contribution in [2.45, 2.75) is 54.4 Å². The Morgan fingerprint density at radius 2 is 1.16 bits per heavy atom. The minimum atomic E-state index is -0.588. The number of pyridine rings is 2. The number of aliphatic imine (C=N–C) groups is 1. The second-order valence-corrected chi connectivity index (χ2v) is 14.2. The van der Waals surface area contributed by atoms with Gasteiger partial charge < -0.3 is 41.8 Å². The maximum absolute atomic E-state index is 13.3. The number of nitrogens with two attached hydrogens (primary N) is 2. The van der Waals surface area contributed by atoms with Crippen LogP contribution in [0.4, 0.5) is 30.2 Å². The van der Waals surface area contributed by atoms with E-state index >= 15 is 0 Å². The first kappa shape index (κ1) is 52.3. The molecule has 0 unspecified atom stereocenters. The minimum absolute atomic E-state index is 0.0489. The van der Waals surface area contributed by atoms with Gasteiger partial charge in [-0.25, -0.2) is 13.2 Å². The summed E-state index contributed by atoms with van der Waals surface area (Å²) in [6.07, 6.45) is 4.50. The number of phenols is 2. The third kappa shape index (κ3) is 21.8. The molecule has 5 rings (SSSR count). The van der Waals surface area contributed by atoms with Crippen LogP contribution in [0.15, 0.2) is 96.2 Å². The lowest BCUT2D eigenvalue weighted by Gasteiger charge is -2.07. The molecule has 0 aliphatic heterocycles. The van der Waals surface area contributed by atoms with E-state index in [2.05, 4.69) is 39.4 Å². The van der Waals surface area contributed by atoms with E-state index in [0.29, 0.717) is 34.1 Å². The highest BCUT2D eigenvalue weighted by Gasteiger charge is 2.08. The third-order valence-electron chi connectivity index (χ3n) is 7.21. The van der Waals surface area contributed by atoms with Gasteiger partial charge in [-0.2, -0.15) is 0 Å². The Labute approximate surface area is 359 Å². The zero-order valence-corrected chi connectivity index (χ0v) is 36.0. The molecule has 0 spiro atoms. The van der Waals surface area contributed by atoms with Crippen LogP contribution in [0.25, 0.3) is 0 Å². The number of halogens is 4. The molecular formula is C44H53ClF3N7O6. The summed E-state index contributed by atoms with van der Waals surface area (Å²) < 4.78 is 44.3. The first-order chi connectivity index (χ1) is 28.6. The van der Waals surface area contributed by atoms with Crippen LogP contribution in [0.2, 0.25) is 5.02 Å². The van der Waals surface area contributed by atoms with Crippen molar-refractivity contribution in [2.75, 3.05) is 25.6 Å². The predicted octanol–water partition coefficient (Wildman–Crippen LogP) is 9.45. The van der Waals surface area contributed by atoms with Gasteiger partial charge in [0.05, 0.1) is 17.1 Å². The number of nitrogens with zero attached hydrogens (tertiary/aromatic N) is 3. The van der Waals surface area contributed by atoms with Crippen LogP contribution >= 0.6 is 11.6 Å². The number of nitrogen functional groups attached to an aromatic ring is 2. The number of amides is 2. The van der Waals surface area contributed by atoms with E-state index in [9.17, 15) is 27.6 Å². The number of carbonyl (C=O) groups is 3. The highest BCUT2D eigenvalue weighted by Crippen LogP contribution is 2.25. The maximum atomic E-state index is 13.3. The van der Waals surface area contributed by atoms with E-state index in [1.54, 1.807) is 32.2 Å². The van der Waals surface area contributed by atoms with Crippen molar-refractivity contribution < 1.29 is 42.5 Å². The number of aromatic nitrogens is 2. The van der Waals surface area contributed by atoms with Crippen molar-refractivity contribution in [3.05, 3.63) is 125 Å². The Hall–Kier alpha value is -6.68. The van der Waals surface area contributed by atoms with Crippen molar-refractivity contribution in [2.24, 2.45) is 16.8 Å². The number of hydrogen-bond donors (Lipinski definition) is 6. The van der Waals surface area contributed by atoms with E-state index in [4.69, 9.17) is 38.0 Å². The van der Waals surface area contributed by atoms with Crippen LogP contribution in [0, 0.1) is 29.3 Å². The summed E-state index contributed by atoms with van der Waals surface area (Å²) in [7, 11) is 3.05. The van der Waals surface area contributed by atoms with E-state index in [-0.39, 0.29) is 51.9 Å². The summed E-state index contributed by atoms with van der Waals surface area (Å²) in [6.45, 7) is 11.8. The number of hydrogen-bond acceptors (Lipinski definition) is 11. The highest BCUT2D eigenvalue weighted by atomic mass is 35.5. The van der Waals surface area contributed by atoms with Gasteiger partial charge in [0.25, 0.3) is 11.8 Å². The van der Waals surface area contributed by atoms with Crippen molar-refractivity contribution in [1.29, 1.82) is 0 Å². The Morgan fingerprint density at radius 1 is 0.689 bits per heavy atom. The van der Waals surface area contributed by atoms with Gasteiger partial charge in [0.2, 0.25) is 0 Å². The number of aromatic hydroxyl groups is 2. The van der Waals surface area contributed by atoms with Crippen molar-refractivity contribution in [1.82, 2.24) is 20.6 Å². The minimum Gasteiger partial charge on any atom is -0.508 e. The molecule has 0 radical (unpaired) electrons. The smallest absolute Gasteiger partial charge is 0.269 e. The molecule has 0 bridgehead atoms. The fourth-order valence-corrected chi connectivity index (χ4v) is 4.77. The summed E-state index contributed by atoms with van der Waals surface area (Å²) in [5, 5.41) is 23.1. The van der Waals surface area contributed by atoms with Gasteiger partial charge >= 0.3 is 0 Å². The number of ether oxygens (including phenoxy) is 1. The van der Waals surface area contributed by atoms with E-state index in [1.165, 1.54) is 68.0 Å². The number of ketones is 1. The number of anilines is 2. The van der Waals surface area contributed by atoms with E-state index in [0.717, 1.165) is 30.7 Å². The molecule has 13 nitrogen and oxygen atoms in total. The van der Waals surface area contributed by atoms with Crippen LogP contribution in [0.3, 0.4) is 0 Å². The largest absolute Gasteiger partial charge is 0.508 e. The predicted molar refractivity (Wildman–Crippen MR) is 234 cm³/mol. The molecule has 8 N–H and O–H groups in total. The topological polar surface area (TPSA) is 215 Å². The Morgan fingerprint density at radius 3 is 1.61 bits per heavy atom. The van der Waals surface area contributed by atoms with E-state index in [1.807, 2.05) is 20.8 Å². The SMILES string of the molecule is CC(=O)CC(C)C.CC(CC(C)C)=Nc1ccc(O)cc1F.CNC(=O)c1cc(Cl)ccn1.CNC(=O)c1cc(Oc2ccc(N)c(F)c2)ccn1.Nc1ccc(O)cc1F. The normalized spacial score (nSPS) is 10.3. The van der Waals surface area contributed by atoms with Gasteiger partial charge in [-0.05, 0) is 86.7 Å². The fraction of sp³-hybridized carbons (Fsp3) is 0.273. The van der Waals surface area contributed by atoms with Crippen molar-refractivity contribution >= 4 is 52.0 Å². The number of nitrogens with one attached hydrogen (secondary N) is 2. The number of rotatable bonds is 9. The maximum Gasteiger partial charge on any atom is 0.269 e. The average Bonchev–Trinajstić information content (AvgIpc) is 3.18. The summed E-state index contributed by atoms with van der Waals surface area (Å²) in [4.78, 5) is 44.5. The van der Waals surface area contributed by atoms with E-state index < -0.39 is 17.5 Å². The molecule has 0 saturated heterocycles. The lowest BCUT2D eigenvalue weighted by molar-refractivity contribution is -0.117. The summed E-state index contributed by atoms with van der Waals surface area (Å²) in [5.41, 5.74) is 12.3. The third-order valence-corrected chi connectivity index (χ3v) is 7.44. The molecule has 61 heavy (non-hydrogen) atoms. The molecule has 2 aromatic heterocycles. The van der Waals surface area contributed by atoms with Gasteiger partial charge in [0.15, 0.2) is 5.82 Å². The number of carbonyl (C=O) groups excluding carboxylic acids is 3.